The average Bonchev–Trinajstić information content (AvgIpc) is 2.75. The van der Waals surface area contributed by atoms with Crippen LogP contribution in [0.1, 0.15) is 24.0 Å². The number of sulfonamides is 1. The van der Waals surface area contributed by atoms with Gasteiger partial charge in [0, 0.05) is 30.8 Å². The molecule has 30 heavy (non-hydrogen) atoms. The monoisotopic (exact) mass is 432 g/mol. The third-order valence-electron chi connectivity index (χ3n) is 5.54. The maximum Gasteiger partial charge on any atom is 0.246 e. The number of carbonyl (C=O) groups is 1. The number of aryl methyl sites for hydroxylation is 2. The second-order valence-corrected chi connectivity index (χ2v) is 9.36. The predicted molar refractivity (Wildman–Crippen MR) is 116 cm³/mol. The van der Waals surface area contributed by atoms with Crippen molar-refractivity contribution in [2.75, 3.05) is 32.6 Å². The molecule has 0 spiro atoms. The van der Waals surface area contributed by atoms with Crippen molar-refractivity contribution in [3.8, 4) is 11.5 Å². The number of hydrogen-bond acceptors (Lipinski definition) is 5. The van der Waals surface area contributed by atoms with Crippen LogP contribution in [-0.2, 0) is 14.8 Å². The maximum absolute atomic E-state index is 13.2. The molecule has 7 nitrogen and oxygen atoms in total. The number of anilines is 1. The van der Waals surface area contributed by atoms with E-state index in [0.717, 1.165) is 16.8 Å². The molecule has 1 aliphatic heterocycles. The second-order valence-electron chi connectivity index (χ2n) is 7.45. The van der Waals surface area contributed by atoms with Crippen molar-refractivity contribution in [2.24, 2.45) is 5.92 Å². The smallest absolute Gasteiger partial charge is 0.246 e. The van der Waals surface area contributed by atoms with Gasteiger partial charge in [-0.25, -0.2) is 8.42 Å². The van der Waals surface area contributed by atoms with E-state index >= 15 is 0 Å². The number of amides is 1. The molecule has 2 aromatic carbocycles. The fourth-order valence-electron chi connectivity index (χ4n) is 3.72. The normalized spacial score (nSPS) is 15.6. The summed E-state index contributed by atoms with van der Waals surface area (Å²) in [5.41, 5.74) is 2.85. The zero-order chi connectivity index (χ0) is 21.9. The van der Waals surface area contributed by atoms with Crippen molar-refractivity contribution in [3.05, 3.63) is 47.5 Å². The van der Waals surface area contributed by atoms with Gasteiger partial charge in [0.25, 0.3) is 0 Å². The van der Waals surface area contributed by atoms with Crippen molar-refractivity contribution in [3.63, 3.8) is 0 Å². The van der Waals surface area contributed by atoms with Crippen LogP contribution in [0.25, 0.3) is 0 Å². The predicted octanol–water partition coefficient (Wildman–Crippen LogP) is 3.36. The Hall–Kier alpha value is -2.58. The molecule has 3 rings (SSSR count). The zero-order valence-corrected chi connectivity index (χ0v) is 18.6. The lowest BCUT2D eigenvalue weighted by Crippen LogP contribution is -2.41. The molecule has 2 aromatic rings. The third-order valence-corrected chi connectivity index (χ3v) is 7.46. The van der Waals surface area contributed by atoms with Gasteiger partial charge in [-0.15, -0.1) is 0 Å². The van der Waals surface area contributed by atoms with Crippen molar-refractivity contribution >= 4 is 21.6 Å². The molecule has 0 radical (unpaired) electrons. The first-order chi connectivity index (χ1) is 14.3. The Bertz CT molecular complexity index is 1010. The fraction of sp³-hybridized carbons (Fsp3) is 0.409. The number of ether oxygens (including phenoxy) is 2. The molecule has 0 atom stereocenters. The lowest BCUT2D eigenvalue weighted by Gasteiger charge is -2.31. The Balaban J connectivity index is 1.71. The highest BCUT2D eigenvalue weighted by molar-refractivity contribution is 7.89. The van der Waals surface area contributed by atoms with E-state index in [9.17, 15) is 13.2 Å². The van der Waals surface area contributed by atoms with E-state index in [4.69, 9.17) is 9.47 Å². The lowest BCUT2D eigenvalue weighted by molar-refractivity contribution is -0.120. The van der Waals surface area contributed by atoms with Crippen molar-refractivity contribution in [1.29, 1.82) is 0 Å². The van der Waals surface area contributed by atoms with Gasteiger partial charge < -0.3 is 14.8 Å². The van der Waals surface area contributed by atoms with Crippen LogP contribution in [0.15, 0.2) is 41.3 Å². The van der Waals surface area contributed by atoms with Gasteiger partial charge in [-0.2, -0.15) is 4.31 Å². The maximum atomic E-state index is 13.2. The van der Waals surface area contributed by atoms with Gasteiger partial charge in [-0.1, -0.05) is 18.2 Å². The summed E-state index contributed by atoms with van der Waals surface area (Å²) in [7, 11) is -0.842. The molecule has 1 amide bonds. The number of methoxy groups -OCH3 is 2. The molecule has 1 saturated heterocycles. The third kappa shape index (κ3) is 4.44. The summed E-state index contributed by atoms with van der Waals surface area (Å²) in [5, 5.41) is 3.02. The van der Waals surface area contributed by atoms with Gasteiger partial charge in [-0.3, -0.25) is 4.79 Å². The van der Waals surface area contributed by atoms with Gasteiger partial charge in [0.05, 0.1) is 14.2 Å². The highest BCUT2D eigenvalue weighted by atomic mass is 32.2. The summed E-state index contributed by atoms with van der Waals surface area (Å²) in [6, 6.07) is 10.6. The van der Waals surface area contributed by atoms with Crippen LogP contribution in [0.4, 0.5) is 5.69 Å². The largest absolute Gasteiger partial charge is 0.497 e. The van der Waals surface area contributed by atoms with Crippen molar-refractivity contribution in [2.45, 2.75) is 31.6 Å². The first-order valence-corrected chi connectivity index (χ1v) is 11.3. The van der Waals surface area contributed by atoms with E-state index in [2.05, 4.69) is 5.32 Å². The summed E-state index contributed by atoms with van der Waals surface area (Å²) in [6.07, 6.45) is 0.921. The Morgan fingerprint density at radius 3 is 2.23 bits per heavy atom. The number of nitrogens with one attached hydrogen (secondary N) is 1. The molecule has 1 heterocycles. The van der Waals surface area contributed by atoms with Crippen LogP contribution in [0.3, 0.4) is 0 Å². The number of benzene rings is 2. The highest BCUT2D eigenvalue weighted by Crippen LogP contribution is 2.33. The Kier molecular flexibility index (Phi) is 6.67. The molecule has 8 heteroatoms. The summed E-state index contributed by atoms with van der Waals surface area (Å²) in [5.74, 6) is 0.411. The van der Waals surface area contributed by atoms with Crippen LogP contribution in [0.2, 0.25) is 0 Å². The topological polar surface area (TPSA) is 84.9 Å². The van der Waals surface area contributed by atoms with Gasteiger partial charge in [0.1, 0.15) is 16.4 Å². The van der Waals surface area contributed by atoms with E-state index in [1.807, 2.05) is 32.0 Å². The van der Waals surface area contributed by atoms with Gasteiger partial charge in [0.15, 0.2) is 0 Å². The Morgan fingerprint density at radius 2 is 1.67 bits per heavy atom. The summed E-state index contributed by atoms with van der Waals surface area (Å²) >= 11 is 0. The van der Waals surface area contributed by atoms with E-state index in [1.165, 1.54) is 24.6 Å². The van der Waals surface area contributed by atoms with Gasteiger partial charge >= 0.3 is 0 Å². The summed E-state index contributed by atoms with van der Waals surface area (Å²) in [4.78, 5) is 12.8. The summed E-state index contributed by atoms with van der Waals surface area (Å²) in [6.45, 7) is 4.46. The molecular weight excluding hydrogens is 404 g/mol. The number of piperidine rings is 1. The molecule has 1 N–H and O–H groups in total. The summed E-state index contributed by atoms with van der Waals surface area (Å²) < 4.78 is 38.2. The number of hydrogen-bond donors (Lipinski definition) is 1. The Morgan fingerprint density at radius 1 is 1.03 bits per heavy atom. The van der Waals surface area contributed by atoms with Gasteiger partial charge in [-0.05, 0) is 49.9 Å². The zero-order valence-electron chi connectivity index (χ0n) is 17.8. The quantitative estimate of drug-likeness (QED) is 0.757. The number of rotatable bonds is 6. The molecule has 1 fully saturated rings. The number of carbonyl (C=O) groups excluding carboxylic acids is 1. The van der Waals surface area contributed by atoms with Crippen LogP contribution >= 0.6 is 0 Å². The van der Waals surface area contributed by atoms with E-state index < -0.39 is 10.0 Å². The standard InChI is InChI=1S/C22H28N2O5S/c1-15-6-5-7-16(2)21(15)23-22(25)17-10-12-24(13-11-17)30(26,27)20-14-18(28-3)8-9-19(20)29-4/h5-9,14,17H,10-13H2,1-4H3,(H,23,25). The van der Waals surface area contributed by atoms with Crippen molar-refractivity contribution in [1.82, 2.24) is 4.31 Å². The van der Waals surface area contributed by atoms with Crippen LogP contribution < -0.4 is 14.8 Å². The molecular formula is C22H28N2O5S. The second kappa shape index (κ2) is 9.06. The van der Waals surface area contributed by atoms with Crippen LogP contribution in [0, 0.1) is 19.8 Å². The van der Waals surface area contributed by atoms with Gasteiger partial charge in [0.2, 0.25) is 15.9 Å². The fourth-order valence-corrected chi connectivity index (χ4v) is 5.36. The molecule has 0 aromatic heterocycles. The average molecular weight is 433 g/mol. The number of para-hydroxylation sites is 1. The molecule has 162 valence electrons. The molecule has 0 aliphatic carbocycles. The minimum Gasteiger partial charge on any atom is -0.497 e. The minimum atomic E-state index is -3.76. The number of nitrogens with zero attached hydrogens (tertiary/aromatic N) is 1. The minimum absolute atomic E-state index is 0.0663. The van der Waals surface area contributed by atoms with E-state index in [1.54, 1.807) is 12.1 Å². The van der Waals surface area contributed by atoms with E-state index in [-0.39, 0.29) is 35.6 Å². The van der Waals surface area contributed by atoms with E-state index in [0.29, 0.717) is 18.6 Å². The molecule has 0 saturated carbocycles. The first-order valence-electron chi connectivity index (χ1n) is 9.87. The highest BCUT2D eigenvalue weighted by Gasteiger charge is 2.34. The van der Waals surface area contributed by atoms with Crippen molar-refractivity contribution < 1.29 is 22.7 Å². The SMILES string of the molecule is COc1ccc(OC)c(S(=O)(=O)N2CCC(C(=O)Nc3c(C)cccc3C)CC2)c1. The lowest BCUT2D eigenvalue weighted by atomic mass is 9.96. The molecule has 1 aliphatic rings. The van der Waals surface area contributed by atoms with Crippen LogP contribution in [0.5, 0.6) is 11.5 Å². The molecule has 0 unspecified atom stereocenters. The Labute approximate surface area is 178 Å². The molecule has 0 bridgehead atoms. The first kappa shape index (κ1) is 22.1. The van der Waals surface area contributed by atoms with Crippen LogP contribution in [-0.4, -0.2) is 45.9 Å².